The van der Waals surface area contributed by atoms with Gasteiger partial charge in [-0.15, -0.1) is 10.2 Å². The number of hydrogen-bond acceptors (Lipinski definition) is 4. The van der Waals surface area contributed by atoms with Gasteiger partial charge in [-0.2, -0.15) is 0 Å². The first kappa shape index (κ1) is 10.6. The Morgan fingerprint density at radius 2 is 2.27 bits per heavy atom. The predicted molar refractivity (Wildman–Crippen MR) is 56.2 cm³/mol. The normalized spacial score (nSPS) is 18.1. The number of aliphatic hydroxyl groups excluding tert-OH is 1. The molecule has 2 N–H and O–H groups in total. The molecule has 1 heterocycles. The van der Waals surface area contributed by atoms with E-state index in [2.05, 4.69) is 15.5 Å². The number of aliphatic hydroxyl groups is 1. The van der Waals surface area contributed by atoms with Crippen molar-refractivity contribution in [2.45, 2.75) is 32.4 Å². The molecular weight excluding hydrogens is 192 g/mol. The van der Waals surface area contributed by atoms with Crippen LogP contribution in [0.3, 0.4) is 0 Å². The minimum Gasteiger partial charge on any atom is -0.392 e. The van der Waals surface area contributed by atoms with Gasteiger partial charge in [0.1, 0.15) is 11.6 Å². The molecule has 5 nitrogen and oxygen atoms in total. The second kappa shape index (κ2) is 4.28. The molecule has 84 valence electrons. The van der Waals surface area contributed by atoms with E-state index in [0.29, 0.717) is 19.0 Å². The van der Waals surface area contributed by atoms with Crippen molar-refractivity contribution in [2.75, 3.05) is 6.54 Å². The third kappa shape index (κ3) is 2.54. The van der Waals surface area contributed by atoms with Crippen molar-refractivity contribution in [3.63, 3.8) is 0 Å². The van der Waals surface area contributed by atoms with Crippen molar-refractivity contribution in [1.82, 2.24) is 20.1 Å². The number of rotatable bonds is 5. The van der Waals surface area contributed by atoms with Gasteiger partial charge in [0.05, 0.1) is 12.6 Å². The summed E-state index contributed by atoms with van der Waals surface area (Å²) in [4.78, 5) is 0. The van der Waals surface area contributed by atoms with Crippen molar-refractivity contribution >= 4 is 0 Å². The fraction of sp³-hybridized carbons (Fsp3) is 0.800. The van der Waals surface area contributed by atoms with Crippen LogP contribution in [-0.4, -0.2) is 32.5 Å². The lowest BCUT2D eigenvalue weighted by molar-refractivity contribution is 0.148. The van der Waals surface area contributed by atoms with Gasteiger partial charge in [-0.1, -0.05) is 0 Å². The van der Waals surface area contributed by atoms with E-state index in [0.717, 1.165) is 11.6 Å². The number of hydrogen-bond donors (Lipinski definition) is 2. The molecule has 2 rings (SSSR count). The van der Waals surface area contributed by atoms with Crippen LogP contribution in [0, 0.1) is 12.8 Å². The Balaban J connectivity index is 1.75. The molecule has 1 atom stereocenters. The Morgan fingerprint density at radius 3 is 2.80 bits per heavy atom. The van der Waals surface area contributed by atoms with E-state index < -0.39 is 0 Å². The van der Waals surface area contributed by atoms with Crippen LogP contribution in [0.5, 0.6) is 0 Å². The zero-order chi connectivity index (χ0) is 10.8. The van der Waals surface area contributed by atoms with Gasteiger partial charge in [-0.3, -0.25) is 0 Å². The highest BCUT2D eigenvalue weighted by molar-refractivity contribution is 4.92. The van der Waals surface area contributed by atoms with E-state index >= 15 is 0 Å². The van der Waals surface area contributed by atoms with Gasteiger partial charge < -0.3 is 15.0 Å². The number of aromatic nitrogens is 3. The summed E-state index contributed by atoms with van der Waals surface area (Å²) < 4.78 is 1.95. The lowest BCUT2D eigenvalue weighted by Crippen LogP contribution is -2.28. The SMILES string of the molecule is Cc1nnc(CNCC(O)C2CC2)n1C. The second-order valence-corrected chi connectivity index (χ2v) is 4.26. The van der Waals surface area contributed by atoms with Crippen LogP contribution < -0.4 is 5.32 Å². The Labute approximate surface area is 89.5 Å². The zero-order valence-corrected chi connectivity index (χ0v) is 9.27. The molecule has 0 aliphatic heterocycles. The first-order chi connectivity index (χ1) is 7.18. The lowest BCUT2D eigenvalue weighted by atomic mass is 10.2. The van der Waals surface area contributed by atoms with Gasteiger partial charge in [0.2, 0.25) is 0 Å². The van der Waals surface area contributed by atoms with E-state index in [1.165, 1.54) is 12.8 Å². The number of aryl methyl sites for hydroxylation is 1. The number of nitrogens with zero attached hydrogens (tertiary/aromatic N) is 3. The fourth-order valence-electron chi connectivity index (χ4n) is 1.58. The van der Waals surface area contributed by atoms with Gasteiger partial charge >= 0.3 is 0 Å². The van der Waals surface area contributed by atoms with Crippen molar-refractivity contribution in [3.8, 4) is 0 Å². The second-order valence-electron chi connectivity index (χ2n) is 4.26. The van der Waals surface area contributed by atoms with Crippen LogP contribution in [0.1, 0.15) is 24.5 Å². The summed E-state index contributed by atoms with van der Waals surface area (Å²) >= 11 is 0. The Kier molecular flexibility index (Phi) is 3.02. The van der Waals surface area contributed by atoms with Crippen LogP contribution >= 0.6 is 0 Å². The lowest BCUT2D eigenvalue weighted by Gasteiger charge is -2.09. The standard InChI is InChI=1S/C10H18N4O/c1-7-12-13-10(14(7)2)6-11-5-9(15)8-3-4-8/h8-9,11,15H,3-6H2,1-2H3. The highest BCUT2D eigenvalue weighted by atomic mass is 16.3. The van der Waals surface area contributed by atoms with E-state index in [-0.39, 0.29) is 6.10 Å². The molecule has 0 saturated heterocycles. The maximum Gasteiger partial charge on any atom is 0.146 e. The van der Waals surface area contributed by atoms with Crippen molar-refractivity contribution in [3.05, 3.63) is 11.6 Å². The molecule has 0 radical (unpaired) electrons. The van der Waals surface area contributed by atoms with Gasteiger partial charge in [0.15, 0.2) is 0 Å². The highest BCUT2D eigenvalue weighted by Crippen LogP contribution is 2.32. The molecule has 0 amide bonds. The molecule has 1 unspecified atom stereocenters. The highest BCUT2D eigenvalue weighted by Gasteiger charge is 2.29. The minimum atomic E-state index is -0.195. The molecule has 1 aromatic rings. The Morgan fingerprint density at radius 1 is 1.53 bits per heavy atom. The summed E-state index contributed by atoms with van der Waals surface area (Å²) in [7, 11) is 1.95. The summed E-state index contributed by atoms with van der Waals surface area (Å²) in [5.74, 6) is 2.35. The van der Waals surface area contributed by atoms with Gasteiger partial charge in [0, 0.05) is 13.6 Å². The van der Waals surface area contributed by atoms with Crippen molar-refractivity contribution < 1.29 is 5.11 Å². The van der Waals surface area contributed by atoms with E-state index in [9.17, 15) is 5.11 Å². The maximum atomic E-state index is 9.64. The average molecular weight is 210 g/mol. The topological polar surface area (TPSA) is 63.0 Å². The van der Waals surface area contributed by atoms with Crippen LogP contribution in [0.15, 0.2) is 0 Å². The largest absolute Gasteiger partial charge is 0.392 e. The van der Waals surface area contributed by atoms with Crippen LogP contribution in [0.25, 0.3) is 0 Å². The molecule has 1 aliphatic rings. The molecule has 0 spiro atoms. The minimum absolute atomic E-state index is 0.195. The van der Waals surface area contributed by atoms with Crippen molar-refractivity contribution in [2.24, 2.45) is 13.0 Å². The molecule has 1 saturated carbocycles. The Bertz CT molecular complexity index is 332. The summed E-state index contributed by atoms with van der Waals surface area (Å²) in [6.45, 7) is 3.24. The van der Waals surface area contributed by atoms with E-state index in [4.69, 9.17) is 0 Å². The van der Waals surface area contributed by atoms with Gasteiger partial charge in [-0.05, 0) is 25.7 Å². The first-order valence-electron chi connectivity index (χ1n) is 5.42. The molecular formula is C10H18N4O. The summed E-state index contributed by atoms with van der Waals surface area (Å²) in [5.41, 5.74) is 0. The average Bonchev–Trinajstić information content (AvgIpc) is 3.00. The summed E-state index contributed by atoms with van der Waals surface area (Å²) in [6, 6.07) is 0. The van der Waals surface area contributed by atoms with Crippen molar-refractivity contribution in [1.29, 1.82) is 0 Å². The van der Waals surface area contributed by atoms with Gasteiger partial charge in [-0.25, -0.2) is 0 Å². The molecule has 0 aromatic carbocycles. The maximum absolute atomic E-state index is 9.64. The monoisotopic (exact) mass is 210 g/mol. The summed E-state index contributed by atoms with van der Waals surface area (Å²) in [6.07, 6.45) is 2.15. The van der Waals surface area contributed by atoms with Gasteiger partial charge in [0.25, 0.3) is 0 Å². The fourth-order valence-corrected chi connectivity index (χ4v) is 1.58. The number of nitrogens with one attached hydrogen (secondary N) is 1. The Hall–Kier alpha value is -0.940. The van der Waals surface area contributed by atoms with Crippen LogP contribution in [0.4, 0.5) is 0 Å². The predicted octanol–water partition coefficient (Wildman–Crippen LogP) is -0.0160. The molecule has 1 aliphatic carbocycles. The first-order valence-corrected chi connectivity index (χ1v) is 5.42. The van der Waals surface area contributed by atoms with Crippen LogP contribution in [-0.2, 0) is 13.6 Å². The summed E-state index contributed by atoms with van der Waals surface area (Å²) in [5, 5.41) is 20.9. The molecule has 1 fully saturated rings. The van der Waals surface area contributed by atoms with E-state index in [1.54, 1.807) is 0 Å². The smallest absolute Gasteiger partial charge is 0.146 e. The molecule has 1 aromatic heterocycles. The third-order valence-corrected chi connectivity index (χ3v) is 2.99. The third-order valence-electron chi connectivity index (χ3n) is 2.99. The molecule has 5 heteroatoms. The van der Waals surface area contributed by atoms with Crippen LogP contribution in [0.2, 0.25) is 0 Å². The molecule has 0 bridgehead atoms. The molecule has 15 heavy (non-hydrogen) atoms. The van der Waals surface area contributed by atoms with E-state index in [1.807, 2.05) is 18.5 Å². The quantitative estimate of drug-likeness (QED) is 0.717. The zero-order valence-electron chi connectivity index (χ0n) is 9.27.